The summed E-state index contributed by atoms with van der Waals surface area (Å²) in [5.74, 6) is 0.300. The van der Waals surface area contributed by atoms with Crippen LogP contribution in [0.2, 0.25) is 0 Å². The minimum absolute atomic E-state index is 0.0376. The number of carbonyl (C=O) groups is 1. The minimum atomic E-state index is -0.647. The second-order valence-corrected chi connectivity index (χ2v) is 2.99. The van der Waals surface area contributed by atoms with Gasteiger partial charge in [-0.1, -0.05) is 6.07 Å². The van der Waals surface area contributed by atoms with Crippen LogP contribution >= 0.6 is 0 Å². The Labute approximate surface area is 98.9 Å². The van der Waals surface area contributed by atoms with Crippen molar-refractivity contribution in [3.05, 3.63) is 23.8 Å². The van der Waals surface area contributed by atoms with Crippen molar-refractivity contribution in [3.8, 4) is 11.5 Å². The highest BCUT2D eigenvalue weighted by molar-refractivity contribution is 5.85. The van der Waals surface area contributed by atoms with Crippen molar-refractivity contribution in [2.75, 3.05) is 13.7 Å². The maximum Gasteiger partial charge on any atom is 0.427 e. The van der Waals surface area contributed by atoms with Gasteiger partial charge in [-0.15, -0.1) is 0 Å². The SMILES string of the molecule is CCOC(=O)NN=Cc1cccc(OC)c1O. The molecule has 17 heavy (non-hydrogen) atoms. The van der Waals surface area contributed by atoms with Gasteiger partial charge < -0.3 is 14.6 Å². The van der Waals surface area contributed by atoms with E-state index in [2.05, 4.69) is 15.3 Å². The van der Waals surface area contributed by atoms with E-state index in [1.807, 2.05) is 0 Å². The molecule has 0 aliphatic carbocycles. The minimum Gasteiger partial charge on any atom is -0.504 e. The fourth-order valence-corrected chi connectivity index (χ4v) is 1.13. The monoisotopic (exact) mass is 238 g/mol. The first-order valence-electron chi connectivity index (χ1n) is 5.00. The third-order valence-corrected chi connectivity index (χ3v) is 1.89. The summed E-state index contributed by atoms with van der Waals surface area (Å²) in [4.78, 5) is 10.9. The smallest absolute Gasteiger partial charge is 0.427 e. The van der Waals surface area contributed by atoms with E-state index in [9.17, 15) is 9.90 Å². The van der Waals surface area contributed by atoms with Crippen LogP contribution in [-0.2, 0) is 4.74 Å². The van der Waals surface area contributed by atoms with Crippen LogP contribution in [0.3, 0.4) is 0 Å². The number of nitrogens with zero attached hydrogens (tertiary/aromatic N) is 1. The number of para-hydroxylation sites is 1. The predicted molar refractivity (Wildman–Crippen MR) is 62.4 cm³/mol. The van der Waals surface area contributed by atoms with Gasteiger partial charge in [-0.2, -0.15) is 5.10 Å². The van der Waals surface area contributed by atoms with E-state index >= 15 is 0 Å². The molecule has 0 aliphatic heterocycles. The molecule has 1 aromatic carbocycles. The highest BCUT2D eigenvalue weighted by Gasteiger charge is 2.04. The van der Waals surface area contributed by atoms with Gasteiger partial charge in [-0.25, -0.2) is 10.2 Å². The first kappa shape index (κ1) is 12.8. The summed E-state index contributed by atoms with van der Waals surface area (Å²) in [7, 11) is 1.45. The molecule has 0 bridgehead atoms. The van der Waals surface area contributed by atoms with Crippen LogP contribution in [0.4, 0.5) is 4.79 Å². The summed E-state index contributed by atoms with van der Waals surface area (Å²) >= 11 is 0. The average Bonchev–Trinajstić information content (AvgIpc) is 2.32. The number of benzene rings is 1. The van der Waals surface area contributed by atoms with Crippen LogP contribution in [-0.4, -0.2) is 31.1 Å². The van der Waals surface area contributed by atoms with Crippen LogP contribution in [0.15, 0.2) is 23.3 Å². The number of carbonyl (C=O) groups excluding carboxylic acids is 1. The van der Waals surface area contributed by atoms with E-state index in [1.54, 1.807) is 25.1 Å². The van der Waals surface area contributed by atoms with Crippen molar-refractivity contribution >= 4 is 12.3 Å². The van der Waals surface area contributed by atoms with Gasteiger partial charge >= 0.3 is 6.09 Å². The Kier molecular flexibility index (Phi) is 4.80. The maximum absolute atomic E-state index is 10.9. The summed E-state index contributed by atoms with van der Waals surface area (Å²) in [6.45, 7) is 1.96. The Balaban J connectivity index is 2.68. The molecular formula is C11H14N2O4. The predicted octanol–water partition coefficient (Wildman–Crippen LogP) is 1.48. The first-order valence-corrected chi connectivity index (χ1v) is 5.00. The number of methoxy groups -OCH3 is 1. The van der Waals surface area contributed by atoms with Gasteiger partial charge in [-0.05, 0) is 19.1 Å². The molecule has 0 unspecified atom stereocenters. The van der Waals surface area contributed by atoms with Crippen molar-refractivity contribution in [1.29, 1.82) is 0 Å². The maximum atomic E-state index is 10.9. The lowest BCUT2D eigenvalue weighted by atomic mass is 10.2. The Hall–Kier alpha value is -2.24. The molecular weight excluding hydrogens is 224 g/mol. The number of nitrogens with one attached hydrogen (secondary N) is 1. The zero-order valence-corrected chi connectivity index (χ0v) is 9.64. The van der Waals surface area contributed by atoms with Gasteiger partial charge in [0.2, 0.25) is 0 Å². The van der Waals surface area contributed by atoms with Crippen LogP contribution in [0.5, 0.6) is 11.5 Å². The molecule has 92 valence electrons. The van der Waals surface area contributed by atoms with Gasteiger partial charge in [0, 0.05) is 5.56 Å². The molecule has 0 fully saturated rings. The quantitative estimate of drug-likeness (QED) is 0.615. The lowest BCUT2D eigenvalue weighted by Gasteiger charge is -2.04. The van der Waals surface area contributed by atoms with Crippen molar-refractivity contribution in [3.63, 3.8) is 0 Å². The van der Waals surface area contributed by atoms with E-state index in [0.29, 0.717) is 11.3 Å². The Morgan fingerprint density at radius 1 is 1.59 bits per heavy atom. The largest absolute Gasteiger partial charge is 0.504 e. The Bertz CT molecular complexity index is 418. The van der Waals surface area contributed by atoms with Gasteiger partial charge in [0.25, 0.3) is 0 Å². The fourth-order valence-electron chi connectivity index (χ4n) is 1.13. The molecule has 0 aromatic heterocycles. The number of ether oxygens (including phenoxy) is 2. The van der Waals surface area contributed by atoms with Crippen molar-refractivity contribution in [1.82, 2.24) is 5.43 Å². The number of phenols is 1. The lowest BCUT2D eigenvalue weighted by Crippen LogP contribution is -2.18. The molecule has 0 aliphatic rings. The first-order chi connectivity index (χ1) is 8.19. The van der Waals surface area contributed by atoms with Crippen LogP contribution in [0.1, 0.15) is 12.5 Å². The van der Waals surface area contributed by atoms with Crippen molar-refractivity contribution in [2.24, 2.45) is 5.10 Å². The summed E-state index contributed by atoms with van der Waals surface area (Å²) in [6, 6.07) is 4.95. The molecule has 0 radical (unpaired) electrons. The molecule has 0 spiro atoms. The van der Waals surface area contributed by atoms with Gasteiger partial charge in [0.15, 0.2) is 11.5 Å². The number of phenolic OH excluding ortho intramolecular Hbond substituents is 1. The summed E-state index contributed by atoms with van der Waals surface area (Å²) in [6.07, 6.45) is 0.653. The average molecular weight is 238 g/mol. The molecule has 0 saturated carbocycles. The van der Waals surface area contributed by atoms with Crippen molar-refractivity contribution in [2.45, 2.75) is 6.92 Å². The standard InChI is InChI=1S/C11H14N2O4/c1-3-17-11(15)13-12-7-8-5-4-6-9(16-2)10(8)14/h4-7,14H,3H2,1-2H3,(H,13,15). The van der Waals surface area contributed by atoms with Gasteiger partial charge in [-0.3, -0.25) is 0 Å². The molecule has 1 rings (SSSR count). The number of aromatic hydroxyl groups is 1. The molecule has 0 atom stereocenters. The third kappa shape index (κ3) is 3.67. The third-order valence-electron chi connectivity index (χ3n) is 1.89. The normalized spacial score (nSPS) is 10.2. The fraction of sp³-hybridized carbons (Fsp3) is 0.273. The number of amides is 1. The Morgan fingerprint density at radius 2 is 2.35 bits per heavy atom. The zero-order chi connectivity index (χ0) is 12.7. The van der Waals surface area contributed by atoms with Crippen LogP contribution in [0, 0.1) is 0 Å². The Morgan fingerprint density at radius 3 is 3.00 bits per heavy atom. The van der Waals surface area contributed by atoms with Crippen LogP contribution in [0.25, 0.3) is 0 Å². The molecule has 6 heteroatoms. The molecule has 6 nitrogen and oxygen atoms in total. The number of rotatable bonds is 4. The summed E-state index contributed by atoms with van der Waals surface area (Å²) in [5.41, 5.74) is 2.58. The molecule has 1 aromatic rings. The van der Waals surface area contributed by atoms with Crippen LogP contribution < -0.4 is 10.2 Å². The molecule has 0 heterocycles. The highest BCUT2D eigenvalue weighted by atomic mass is 16.5. The molecule has 2 N–H and O–H groups in total. The van der Waals surface area contributed by atoms with E-state index in [1.165, 1.54) is 13.3 Å². The van der Waals surface area contributed by atoms with Gasteiger partial charge in [0.1, 0.15) is 0 Å². The number of hydrazone groups is 1. The second-order valence-electron chi connectivity index (χ2n) is 2.99. The molecule has 0 saturated heterocycles. The van der Waals surface area contributed by atoms with Crippen molar-refractivity contribution < 1.29 is 19.4 Å². The zero-order valence-electron chi connectivity index (χ0n) is 9.64. The topological polar surface area (TPSA) is 80.2 Å². The van der Waals surface area contributed by atoms with E-state index in [-0.39, 0.29) is 12.4 Å². The number of hydrogen-bond donors (Lipinski definition) is 2. The van der Waals surface area contributed by atoms with E-state index in [0.717, 1.165) is 0 Å². The summed E-state index contributed by atoms with van der Waals surface area (Å²) < 4.78 is 9.53. The summed E-state index contributed by atoms with van der Waals surface area (Å²) in [5, 5.41) is 13.3. The number of hydrogen-bond acceptors (Lipinski definition) is 5. The highest BCUT2D eigenvalue weighted by Crippen LogP contribution is 2.27. The second kappa shape index (κ2) is 6.37. The van der Waals surface area contributed by atoms with Gasteiger partial charge in [0.05, 0.1) is 19.9 Å². The lowest BCUT2D eigenvalue weighted by molar-refractivity contribution is 0.152. The van der Waals surface area contributed by atoms with E-state index in [4.69, 9.17) is 4.74 Å². The molecule has 1 amide bonds. The van der Waals surface area contributed by atoms with E-state index < -0.39 is 6.09 Å².